The fourth-order valence-corrected chi connectivity index (χ4v) is 3.08. The standard InChI is InChI=1S/C22H24F2N2O3/c1-13-7-17(10-19(8-13)29-12-21(23)24)14(2)26-22(28)16-5-6-25-18(9-16)11-20(27)15-3-4-15/h5-10,14-15,21H,3-4,11-12H2,1-2H3,(H,26,28). The molecule has 0 aliphatic heterocycles. The fraction of sp³-hybridized carbons (Fsp3) is 0.409. The van der Waals surface area contributed by atoms with Crippen LogP contribution in [0.3, 0.4) is 0 Å². The van der Waals surface area contributed by atoms with Crippen molar-refractivity contribution in [3.63, 3.8) is 0 Å². The number of pyridine rings is 1. The molecular formula is C22H24F2N2O3. The first-order chi connectivity index (χ1) is 13.8. The number of hydrogen-bond acceptors (Lipinski definition) is 4. The summed E-state index contributed by atoms with van der Waals surface area (Å²) < 4.78 is 29.9. The van der Waals surface area contributed by atoms with Crippen molar-refractivity contribution in [2.75, 3.05) is 6.61 Å². The molecule has 0 spiro atoms. The number of carbonyl (C=O) groups is 2. The quantitative estimate of drug-likeness (QED) is 0.687. The van der Waals surface area contributed by atoms with Crippen molar-refractivity contribution in [3.8, 4) is 5.75 Å². The maximum atomic E-state index is 12.6. The summed E-state index contributed by atoms with van der Waals surface area (Å²) in [6.07, 6.45) is 1.09. The van der Waals surface area contributed by atoms with Gasteiger partial charge in [0, 0.05) is 29.8 Å². The van der Waals surface area contributed by atoms with E-state index in [9.17, 15) is 18.4 Å². The number of aromatic nitrogens is 1. The summed E-state index contributed by atoms with van der Waals surface area (Å²) in [4.78, 5) is 28.8. The number of ether oxygens (including phenoxy) is 1. The van der Waals surface area contributed by atoms with Crippen molar-refractivity contribution in [2.45, 2.75) is 45.6 Å². The Kier molecular flexibility index (Phi) is 6.56. The third kappa shape index (κ3) is 6.07. The van der Waals surface area contributed by atoms with Gasteiger partial charge in [0.05, 0.1) is 6.04 Å². The molecule has 3 rings (SSSR count). The number of amides is 1. The number of aryl methyl sites for hydroxylation is 1. The topological polar surface area (TPSA) is 68.3 Å². The van der Waals surface area contributed by atoms with Crippen LogP contribution in [-0.2, 0) is 11.2 Å². The predicted octanol–water partition coefficient (Wildman–Crippen LogP) is 4.05. The molecule has 2 aromatic rings. The van der Waals surface area contributed by atoms with Gasteiger partial charge in [0.2, 0.25) is 0 Å². The highest BCUT2D eigenvalue weighted by molar-refractivity contribution is 5.94. The van der Waals surface area contributed by atoms with Gasteiger partial charge in [-0.1, -0.05) is 6.07 Å². The first-order valence-electron chi connectivity index (χ1n) is 9.63. The second kappa shape index (κ2) is 9.11. The molecule has 1 aliphatic carbocycles. The molecule has 0 radical (unpaired) electrons. The molecule has 1 fully saturated rings. The Labute approximate surface area is 168 Å². The number of alkyl halides is 2. The van der Waals surface area contributed by atoms with Gasteiger partial charge in [-0.2, -0.15) is 0 Å². The molecule has 7 heteroatoms. The molecule has 5 nitrogen and oxygen atoms in total. The summed E-state index contributed by atoms with van der Waals surface area (Å²) in [6, 6.07) is 8.06. The van der Waals surface area contributed by atoms with Gasteiger partial charge in [-0.25, -0.2) is 8.78 Å². The molecule has 1 unspecified atom stereocenters. The summed E-state index contributed by atoms with van der Waals surface area (Å²) in [7, 11) is 0. The summed E-state index contributed by atoms with van der Waals surface area (Å²) >= 11 is 0. The van der Waals surface area contributed by atoms with Crippen molar-refractivity contribution in [2.24, 2.45) is 5.92 Å². The molecular weight excluding hydrogens is 378 g/mol. The van der Waals surface area contributed by atoms with Crippen LogP contribution in [0.25, 0.3) is 0 Å². The van der Waals surface area contributed by atoms with Gasteiger partial charge < -0.3 is 10.1 Å². The lowest BCUT2D eigenvalue weighted by Crippen LogP contribution is -2.27. The van der Waals surface area contributed by atoms with Gasteiger partial charge >= 0.3 is 0 Å². The van der Waals surface area contributed by atoms with Gasteiger partial charge in [0.1, 0.15) is 18.1 Å². The molecule has 1 atom stereocenters. The lowest BCUT2D eigenvalue weighted by atomic mass is 10.0. The third-order valence-electron chi connectivity index (χ3n) is 4.76. The van der Waals surface area contributed by atoms with Gasteiger partial charge in [-0.15, -0.1) is 0 Å². The second-order valence-corrected chi connectivity index (χ2v) is 7.43. The maximum absolute atomic E-state index is 12.6. The Morgan fingerprint density at radius 1 is 1.24 bits per heavy atom. The second-order valence-electron chi connectivity index (χ2n) is 7.43. The molecule has 29 heavy (non-hydrogen) atoms. The summed E-state index contributed by atoms with van der Waals surface area (Å²) in [5.74, 6) is 0.361. The number of benzene rings is 1. The summed E-state index contributed by atoms with van der Waals surface area (Å²) in [5.41, 5.74) is 2.60. The van der Waals surface area contributed by atoms with Crippen LogP contribution in [0.5, 0.6) is 5.75 Å². The van der Waals surface area contributed by atoms with E-state index in [0.717, 1.165) is 24.0 Å². The molecule has 1 amide bonds. The van der Waals surface area contributed by atoms with E-state index in [-0.39, 0.29) is 30.1 Å². The van der Waals surface area contributed by atoms with Crippen molar-refractivity contribution >= 4 is 11.7 Å². The molecule has 1 aromatic carbocycles. The number of rotatable bonds is 9. The maximum Gasteiger partial charge on any atom is 0.272 e. The highest BCUT2D eigenvalue weighted by Crippen LogP contribution is 2.30. The minimum atomic E-state index is -2.55. The summed E-state index contributed by atoms with van der Waals surface area (Å²) in [6.45, 7) is 2.96. The molecule has 1 N–H and O–H groups in total. The Morgan fingerprint density at radius 3 is 2.69 bits per heavy atom. The van der Waals surface area contributed by atoms with Crippen LogP contribution in [-0.4, -0.2) is 29.7 Å². The third-order valence-corrected chi connectivity index (χ3v) is 4.76. The lowest BCUT2D eigenvalue weighted by molar-refractivity contribution is -0.119. The molecule has 1 saturated carbocycles. The molecule has 0 bridgehead atoms. The Bertz CT molecular complexity index is 897. The number of Topliss-reactive ketones (excluding diaryl/α,β-unsaturated/α-hetero) is 1. The van der Waals surface area contributed by atoms with E-state index < -0.39 is 13.0 Å². The zero-order chi connectivity index (χ0) is 21.0. The van der Waals surface area contributed by atoms with Crippen molar-refractivity contribution in [1.82, 2.24) is 10.3 Å². The van der Waals surface area contributed by atoms with Crippen LogP contribution >= 0.6 is 0 Å². The van der Waals surface area contributed by atoms with E-state index in [1.165, 1.54) is 6.20 Å². The number of hydrogen-bond donors (Lipinski definition) is 1. The Hall–Kier alpha value is -2.83. The summed E-state index contributed by atoms with van der Waals surface area (Å²) in [5, 5.41) is 2.89. The van der Waals surface area contributed by atoms with Gasteiger partial charge in [-0.3, -0.25) is 14.6 Å². The van der Waals surface area contributed by atoms with Gasteiger partial charge in [0.15, 0.2) is 0 Å². The van der Waals surface area contributed by atoms with Crippen LogP contribution in [0, 0.1) is 12.8 Å². The number of halogens is 2. The largest absolute Gasteiger partial charge is 0.488 e. The first-order valence-corrected chi connectivity index (χ1v) is 9.63. The zero-order valence-corrected chi connectivity index (χ0v) is 16.5. The number of carbonyl (C=O) groups excluding carboxylic acids is 2. The number of nitrogens with one attached hydrogen (secondary N) is 1. The van der Waals surface area contributed by atoms with Crippen molar-refractivity contribution in [1.29, 1.82) is 0 Å². The molecule has 0 saturated heterocycles. The van der Waals surface area contributed by atoms with Crippen LogP contribution in [0.2, 0.25) is 0 Å². The van der Waals surface area contributed by atoms with Crippen LogP contribution in [0.1, 0.15) is 53.0 Å². The predicted molar refractivity (Wildman–Crippen MR) is 104 cm³/mol. The number of nitrogens with zero attached hydrogens (tertiary/aromatic N) is 1. The minimum Gasteiger partial charge on any atom is -0.488 e. The smallest absolute Gasteiger partial charge is 0.272 e. The average Bonchev–Trinajstić information content (AvgIpc) is 3.51. The zero-order valence-electron chi connectivity index (χ0n) is 16.5. The van der Waals surface area contributed by atoms with Crippen LogP contribution in [0.15, 0.2) is 36.5 Å². The molecule has 1 aliphatic rings. The van der Waals surface area contributed by atoms with Crippen molar-refractivity contribution < 1.29 is 23.1 Å². The monoisotopic (exact) mass is 402 g/mol. The van der Waals surface area contributed by atoms with E-state index in [1.54, 1.807) is 24.3 Å². The van der Waals surface area contributed by atoms with E-state index in [0.29, 0.717) is 17.0 Å². The SMILES string of the molecule is Cc1cc(OCC(F)F)cc(C(C)NC(=O)c2ccnc(CC(=O)C3CC3)c2)c1. The van der Waals surface area contributed by atoms with E-state index >= 15 is 0 Å². The highest BCUT2D eigenvalue weighted by Gasteiger charge is 2.29. The Balaban J connectivity index is 1.66. The lowest BCUT2D eigenvalue weighted by Gasteiger charge is -2.17. The average molecular weight is 402 g/mol. The number of ketones is 1. The van der Waals surface area contributed by atoms with Crippen molar-refractivity contribution in [3.05, 3.63) is 58.9 Å². The van der Waals surface area contributed by atoms with E-state index in [4.69, 9.17) is 4.74 Å². The first kappa shape index (κ1) is 20.9. The normalized spacial score (nSPS) is 14.5. The van der Waals surface area contributed by atoms with Crippen LogP contribution in [0.4, 0.5) is 8.78 Å². The fourth-order valence-electron chi connectivity index (χ4n) is 3.08. The highest BCUT2D eigenvalue weighted by atomic mass is 19.3. The van der Waals surface area contributed by atoms with E-state index in [1.807, 2.05) is 19.9 Å². The van der Waals surface area contributed by atoms with Gasteiger partial charge in [0.25, 0.3) is 12.3 Å². The Morgan fingerprint density at radius 2 is 2.00 bits per heavy atom. The van der Waals surface area contributed by atoms with Gasteiger partial charge in [-0.05, 0) is 62.1 Å². The minimum absolute atomic E-state index is 0.150. The van der Waals surface area contributed by atoms with Crippen LogP contribution < -0.4 is 10.1 Å². The molecule has 1 aromatic heterocycles. The molecule has 154 valence electrons. The molecule has 1 heterocycles. The van der Waals surface area contributed by atoms with E-state index in [2.05, 4.69) is 10.3 Å².